The number of nitrogens with one attached hydrogen (secondary N) is 1. The molecule has 0 heterocycles. The molecule has 3 aliphatic rings. The average molecular weight is 333 g/mol. The molecule has 134 valence electrons. The van der Waals surface area contributed by atoms with Crippen LogP contribution in [0.25, 0.3) is 0 Å². The smallest absolute Gasteiger partial charge is 0.332 e. The zero-order valence-corrected chi connectivity index (χ0v) is 15.4. The molecule has 2 saturated carbocycles. The molecule has 0 radical (unpaired) electrons. The van der Waals surface area contributed by atoms with Crippen LogP contribution in [0.4, 0.5) is 0 Å². The first kappa shape index (κ1) is 17.5. The zero-order chi connectivity index (χ0) is 17.5. The first-order valence-electron chi connectivity index (χ1n) is 9.50. The maximum atomic E-state index is 13.2. The molecule has 3 rings (SSSR count). The molecule has 0 spiro atoms. The zero-order valence-electron chi connectivity index (χ0n) is 15.4. The summed E-state index contributed by atoms with van der Waals surface area (Å²) in [6, 6.07) is 0. The van der Waals surface area contributed by atoms with E-state index in [1.807, 2.05) is 0 Å². The van der Waals surface area contributed by atoms with Gasteiger partial charge in [-0.3, -0.25) is 4.79 Å². The maximum Gasteiger partial charge on any atom is 0.332 e. The molecule has 2 bridgehead atoms. The van der Waals surface area contributed by atoms with Gasteiger partial charge in [0.1, 0.15) is 11.6 Å². The summed E-state index contributed by atoms with van der Waals surface area (Å²) in [4.78, 5) is 24.9. The SMILES string of the molecule is CC(=O)N[C@@]1(C(=O)O[C@@H]2C[C@H](C)CC[C@H]2C(C)C)C[C@H]2C=C[C@@H]1C2. The van der Waals surface area contributed by atoms with Crippen molar-refractivity contribution in [3.05, 3.63) is 12.2 Å². The number of carbonyl (C=O) groups excluding carboxylic acids is 2. The Morgan fingerprint density at radius 3 is 2.50 bits per heavy atom. The van der Waals surface area contributed by atoms with E-state index in [0.29, 0.717) is 30.1 Å². The normalized spacial score (nSPS) is 40.8. The van der Waals surface area contributed by atoms with Crippen LogP contribution >= 0.6 is 0 Å². The number of amides is 1. The summed E-state index contributed by atoms with van der Waals surface area (Å²) in [6.45, 7) is 8.16. The van der Waals surface area contributed by atoms with Gasteiger partial charge in [0.05, 0.1) is 0 Å². The average Bonchev–Trinajstić information content (AvgIpc) is 3.07. The van der Waals surface area contributed by atoms with Crippen LogP contribution < -0.4 is 5.32 Å². The van der Waals surface area contributed by atoms with E-state index in [0.717, 1.165) is 19.3 Å². The number of allylic oxidation sites excluding steroid dienone is 1. The van der Waals surface area contributed by atoms with Gasteiger partial charge in [0.25, 0.3) is 0 Å². The molecule has 3 aliphatic carbocycles. The minimum absolute atomic E-state index is 0.0185. The highest BCUT2D eigenvalue weighted by Crippen LogP contribution is 2.47. The molecule has 0 saturated heterocycles. The van der Waals surface area contributed by atoms with Crippen LogP contribution in [0.15, 0.2) is 12.2 Å². The molecule has 1 N–H and O–H groups in total. The van der Waals surface area contributed by atoms with Gasteiger partial charge in [-0.05, 0) is 49.4 Å². The standard InChI is InChI=1S/C20H31NO3/c1-12(2)17-8-5-13(3)9-18(17)24-19(23)20(21-14(4)22)11-15-6-7-16(20)10-15/h6-7,12-13,15-18H,5,8-11H2,1-4H3,(H,21,22)/t13-,15+,16-,17+,18-,20+/m1/s1. The fourth-order valence-electron chi connectivity index (χ4n) is 5.09. The lowest BCUT2D eigenvalue weighted by Crippen LogP contribution is -2.58. The Kier molecular flexibility index (Phi) is 4.76. The van der Waals surface area contributed by atoms with Crippen molar-refractivity contribution in [1.29, 1.82) is 0 Å². The predicted octanol–water partition coefficient (Wildman–Crippen LogP) is 3.46. The first-order chi connectivity index (χ1) is 11.3. The fraction of sp³-hybridized carbons (Fsp3) is 0.800. The molecular weight excluding hydrogens is 302 g/mol. The quantitative estimate of drug-likeness (QED) is 0.633. The molecule has 0 aliphatic heterocycles. The summed E-state index contributed by atoms with van der Waals surface area (Å²) in [5.74, 6) is 1.64. The molecule has 1 amide bonds. The Balaban J connectivity index is 1.78. The van der Waals surface area contributed by atoms with E-state index in [9.17, 15) is 9.59 Å². The maximum absolute atomic E-state index is 13.2. The van der Waals surface area contributed by atoms with Crippen LogP contribution in [0.1, 0.15) is 59.8 Å². The minimum atomic E-state index is -0.840. The number of ether oxygens (including phenoxy) is 1. The van der Waals surface area contributed by atoms with Gasteiger partial charge in [0.2, 0.25) is 5.91 Å². The summed E-state index contributed by atoms with van der Waals surface area (Å²) < 4.78 is 6.09. The van der Waals surface area contributed by atoms with Gasteiger partial charge < -0.3 is 10.1 Å². The Bertz CT molecular complexity index is 541. The van der Waals surface area contributed by atoms with Gasteiger partial charge in [-0.2, -0.15) is 0 Å². The third kappa shape index (κ3) is 3.12. The third-order valence-electron chi connectivity index (χ3n) is 6.37. The topological polar surface area (TPSA) is 55.4 Å². The van der Waals surface area contributed by atoms with Crippen LogP contribution in [0, 0.1) is 29.6 Å². The second-order valence-corrected chi connectivity index (χ2v) is 8.61. The van der Waals surface area contributed by atoms with E-state index in [2.05, 4.69) is 38.2 Å². The summed E-state index contributed by atoms with van der Waals surface area (Å²) in [6.07, 6.45) is 9.15. The Hall–Kier alpha value is -1.32. The van der Waals surface area contributed by atoms with E-state index < -0.39 is 5.54 Å². The van der Waals surface area contributed by atoms with Crippen molar-refractivity contribution in [3.63, 3.8) is 0 Å². The van der Waals surface area contributed by atoms with Gasteiger partial charge in [0.15, 0.2) is 0 Å². The van der Waals surface area contributed by atoms with Gasteiger partial charge in [-0.1, -0.05) is 39.3 Å². The number of fused-ring (bicyclic) bond motifs is 2. The lowest BCUT2D eigenvalue weighted by Gasteiger charge is -2.40. The van der Waals surface area contributed by atoms with E-state index in [1.54, 1.807) is 0 Å². The Labute approximate surface area is 145 Å². The minimum Gasteiger partial charge on any atom is -0.460 e. The highest BCUT2D eigenvalue weighted by atomic mass is 16.5. The Morgan fingerprint density at radius 2 is 1.96 bits per heavy atom. The molecule has 4 heteroatoms. The largest absolute Gasteiger partial charge is 0.460 e. The fourth-order valence-corrected chi connectivity index (χ4v) is 5.09. The summed E-state index contributed by atoms with van der Waals surface area (Å²) >= 11 is 0. The number of hydrogen-bond donors (Lipinski definition) is 1. The molecule has 24 heavy (non-hydrogen) atoms. The van der Waals surface area contributed by atoms with Crippen LogP contribution in [-0.4, -0.2) is 23.5 Å². The van der Waals surface area contributed by atoms with Crippen molar-refractivity contribution in [2.24, 2.45) is 29.6 Å². The van der Waals surface area contributed by atoms with Crippen LogP contribution in [-0.2, 0) is 14.3 Å². The van der Waals surface area contributed by atoms with Crippen molar-refractivity contribution in [1.82, 2.24) is 5.32 Å². The molecule has 0 aromatic carbocycles. The van der Waals surface area contributed by atoms with E-state index in [4.69, 9.17) is 4.74 Å². The van der Waals surface area contributed by atoms with Crippen molar-refractivity contribution in [2.45, 2.75) is 71.4 Å². The number of rotatable bonds is 4. The van der Waals surface area contributed by atoms with Crippen molar-refractivity contribution in [2.75, 3.05) is 0 Å². The molecule has 0 unspecified atom stereocenters. The highest BCUT2D eigenvalue weighted by molar-refractivity contribution is 5.88. The first-order valence-corrected chi connectivity index (χ1v) is 9.50. The lowest BCUT2D eigenvalue weighted by atomic mass is 9.75. The van der Waals surface area contributed by atoms with E-state index in [1.165, 1.54) is 13.3 Å². The van der Waals surface area contributed by atoms with Gasteiger partial charge in [0, 0.05) is 12.8 Å². The Morgan fingerprint density at radius 1 is 1.21 bits per heavy atom. The molecule has 0 aromatic heterocycles. The van der Waals surface area contributed by atoms with Gasteiger partial charge >= 0.3 is 5.97 Å². The molecule has 6 atom stereocenters. The number of carbonyl (C=O) groups is 2. The lowest BCUT2D eigenvalue weighted by molar-refractivity contribution is -0.166. The van der Waals surface area contributed by atoms with Crippen molar-refractivity contribution < 1.29 is 14.3 Å². The van der Waals surface area contributed by atoms with Crippen LogP contribution in [0.5, 0.6) is 0 Å². The molecular formula is C20H31NO3. The second-order valence-electron chi connectivity index (χ2n) is 8.61. The molecule has 2 fully saturated rings. The van der Waals surface area contributed by atoms with E-state index in [-0.39, 0.29) is 23.9 Å². The van der Waals surface area contributed by atoms with E-state index >= 15 is 0 Å². The highest BCUT2D eigenvalue weighted by Gasteiger charge is 2.56. The number of hydrogen-bond acceptors (Lipinski definition) is 3. The molecule has 4 nitrogen and oxygen atoms in total. The van der Waals surface area contributed by atoms with Gasteiger partial charge in [-0.25, -0.2) is 4.79 Å². The monoisotopic (exact) mass is 333 g/mol. The van der Waals surface area contributed by atoms with Crippen molar-refractivity contribution in [3.8, 4) is 0 Å². The summed E-state index contributed by atoms with van der Waals surface area (Å²) in [7, 11) is 0. The van der Waals surface area contributed by atoms with Crippen LogP contribution in [0.3, 0.4) is 0 Å². The number of esters is 1. The summed E-state index contributed by atoms with van der Waals surface area (Å²) in [5.41, 5.74) is -0.840. The van der Waals surface area contributed by atoms with Crippen LogP contribution in [0.2, 0.25) is 0 Å². The van der Waals surface area contributed by atoms with Crippen molar-refractivity contribution >= 4 is 11.9 Å². The molecule has 0 aromatic rings. The summed E-state index contributed by atoms with van der Waals surface area (Å²) in [5, 5.41) is 2.97. The third-order valence-corrected chi connectivity index (χ3v) is 6.37. The second kappa shape index (κ2) is 6.53. The predicted molar refractivity (Wildman–Crippen MR) is 93.1 cm³/mol. The van der Waals surface area contributed by atoms with Gasteiger partial charge in [-0.15, -0.1) is 0 Å².